The Morgan fingerprint density at radius 2 is 1.49 bits per heavy atom. The molecule has 246 valence electrons. The van der Waals surface area contributed by atoms with Gasteiger partial charge in [0.2, 0.25) is 0 Å². The molecular formula is C42H53NO2Si2. The van der Waals surface area contributed by atoms with E-state index in [0.29, 0.717) is 6.61 Å². The van der Waals surface area contributed by atoms with E-state index < -0.39 is 22.2 Å². The number of hydrogen-bond donors (Lipinski definition) is 0. The second-order valence-electron chi connectivity index (χ2n) is 14.8. The fourth-order valence-corrected chi connectivity index (χ4v) is 16.7. The molecule has 0 heterocycles. The Labute approximate surface area is 287 Å². The van der Waals surface area contributed by atoms with Crippen LogP contribution in [0.3, 0.4) is 0 Å². The van der Waals surface area contributed by atoms with E-state index in [1.807, 2.05) is 18.2 Å². The first-order valence-corrected chi connectivity index (χ1v) is 22.4. The molecule has 0 radical (unpaired) electrons. The SMILES string of the molecule is CC[Si](CC)(CC)O[C@@]12C#C/C=C\C#C[C@@H]3CCCC(CO[Si](c4ccccc4)(c4ccccc4)C(C)(C)C)[C@]3(CCC1)/C2=C/C#N. The summed E-state index contributed by atoms with van der Waals surface area (Å²) in [6.07, 6.45) is 11.6. The average molecular weight is 660 g/mol. The molecule has 5 rings (SSSR count). The number of allylic oxidation sites excluding steroid dienone is 3. The van der Waals surface area contributed by atoms with Crippen LogP contribution in [0.5, 0.6) is 0 Å². The third-order valence-electron chi connectivity index (χ3n) is 11.7. The monoisotopic (exact) mass is 659 g/mol. The molecule has 1 spiro atoms. The van der Waals surface area contributed by atoms with Gasteiger partial charge in [-0.05, 0) is 89.3 Å². The number of rotatable bonds is 10. The van der Waals surface area contributed by atoms with Gasteiger partial charge in [0.1, 0.15) is 5.60 Å². The van der Waals surface area contributed by atoms with Gasteiger partial charge in [0.15, 0.2) is 8.32 Å². The lowest BCUT2D eigenvalue weighted by atomic mass is 9.49. The van der Waals surface area contributed by atoms with Crippen LogP contribution < -0.4 is 10.4 Å². The Balaban J connectivity index is 1.69. The minimum Gasteiger partial charge on any atom is -0.407 e. The summed E-state index contributed by atoms with van der Waals surface area (Å²) in [7, 11) is -4.89. The predicted octanol–water partition coefficient (Wildman–Crippen LogP) is 8.94. The summed E-state index contributed by atoms with van der Waals surface area (Å²) in [4.78, 5) is 0. The van der Waals surface area contributed by atoms with Crippen molar-refractivity contribution < 1.29 is 8.85 Å². The van der Waals surface area contributed by atoms with E-state index >= 15 is 0 Å². The molecule has 0 amide bonds. The molecule has 2 bridgehead atoms. The van der Waals surface area contributed by atoms with E-state index in [2.05, 4.69) is 132 Å². The van der Waals surface area contributed by atoms with Crippen LogP contribution in [0.4, 0.5) is 0 Å². The van der Waals surface area contributed by atoms with E-state index in [9.17, 15) is 5.26 Å². The summed E-state index contributed by atoms with van der Waals surface area (Å²) in [6, 6.07) is 27.5. The first kappa shape index (κ1) is 35.2. The highest BCUT2D eigenvalue weighted by molar-refractivity contribution is 6.99. The molecule has 2 aromatic rings. The molecule has 0 aromatic heterocycles. The van der Waals surface area contributed by atoms with Crippen molar-refractivity contribution in [3.63, 3.8) is 0 Å². The fourth-order valence-electron chi connectivity index (χ4n) is 9.15. The molecule has 0 aliphatic heterocycles. The highest BCUT2D eigenvalue weighted by Crippen LogP contribution is 2.61. The molecule has 2 fully saturated rings. The van der Waals surface area contributed by atoms with Gasteiger partial charge in [-0.25, -0.2) is 0 Å². The highest BCUT2D eigenvalue weighted by Gasteiger charge is 2.60. The van der Waals surface area contributed by atoms with Crippen molar-refractivity contribution in [1.82, 2.24) is 0 Å². The van der Waals surface area contributed by atoms with Crippen LogP contribution in [0.15, 0.2) is 84.5 Å². The molecule has 2 aromatic carbocycles. The van der Waals surface area contributed by atoms with Gasteiger partial charge in [-0.2, -0.15) is 5.26 Å². The van der Waals surface area contributed by atoms with Crippen molar-refractivity contribution in [3.05, 3.63) is 84.5 Å². The van der Waals surface area contributed by atoms with Crippen LogP contribution in [0, 0.1) is 52.3 Å². The molecule has 3 aliphatic carbocycles. The Hall–Kier alpha value is -3.12. The largest absolute Gasteiger partial charge is 0.407 e. The van der Waals surface area contributed by atoms with Gasteiger partial charge in [0, 0.05) is 24.0 Å². The third-order valence-corrected chi connectivity index (χ3v) is 21.3. The van der Waals surface area contributed by atoms with Crippen LogP contribution in [-0.2, 0) is 8.85 Å². The summed E-state index contributed by atoms with van der Waals surface area (Å²) in [6.45, 7) is 14.5. The normalized spacial score (nSPS) is 27.3. The first-order valence-electron chi connectivity index (χ1n) is 17.9. The molecule has 2 saturated carbocycles. The lowest BCUT2D eigenvalue weighted by Gasteiger charge is -2.58. The van der Waals surface area contributed by atoms with E-state index in [1.165, 1.54) is 10.4 Å². The maximum absolute atomic E-state index is 10.5. The van der Waals surface area contributed by atoms with Gasteiger partial charge in [0.05, 0.1) is 6.07 Å². The zero-order valence-corrected chi connectivity index (χ0v) is 31.5. The van der Waals surface area contributed by atoms with Crippen LogP contribution in [-0.4, -0.2) is 28.8 Å². The van der Waals surface area contributed by atoms with E-state index in [0.717, 1.165) is 62.2 Å². The van der Waals surface area contributed by atoms with Crippen molar-refractivity contribution in [3.8, 4) is 29.8 Å². The van der Waals surface area contributed by atoms with Crippen molar-refractivity contribution in [2.45, 2.75) is 109 Å². The molecule has 3 aliphatic rings. The van der Waals surface area contributed by atoms with Crippen LogP contribution in [0.1, 0.15) is 80.1 Å². The Morgan fingerprint density at radius 1 is 0.872 bits per heavy atom. The maximum Gasteiger partial charge on any atom is 0.261 e. The zero-order chi connectivity index (χ0) is 33.6. The number of nitrogens with zero attached hydrogens (tertiary/aromatic N) is 1. The van der Waals surface area contributed by atoms with Gasteiger partial charge in [-0.15, -0.1) is 0 Å². The molecule has 0 N–H and O–H groups in total. The van der Waals surface area contributed by atoms with E-state index in [1.54, 1.807) is 0 Å². The number of hydrogen-bond acceptors (Lipinski definition) is 3. The number of benzene rings is 2. The quantitative estimate of drug-likeness (QED) is 0.145. The first-order chi connectivity index (χ1) is 22.7. The van der Waals surface area contributed by atoms with Crippen LogP contribution in [0.2, 0.25) is 23.2 Å². The predicted molar refractivity (Wildman–Crippen MR) is 200 cm³/mol. The number of fused-ring (bicyclic) bond motifs is 1. The zero-order valence-electron chi connectivity index (χ0n) is 29.5. The lowest BCUT2D eigenvalue weighted by Crippen LogP contribution is -2.67. The summed E-state index contributed by atoms with van der Waals surface area (Å²) < 4.78 is 15.2. The smallest absolute Gasteiger partial charge is 0.261 e. The standard InChI is InChI=1S/C42H53NO2Si2/c1-7-46(8-2,9-3)45-41-30-19-11-10-14-22-35-23-20-24-36(42(35,32-21-31-41)39(41)29-33-43)34-44-47(40(4,5)6,37-25-15-12-16-26-37)38-27-17-13-18-28-38/h10-13,15-18,25-29,35-36H,7-9,20-21,23-24,31-32,34H2,1-6H3/b11-10-,39-29+/t35-,36?,41+,42-/m1/s1. The third kappa shape index (κ3) is 6.39. The molecule has 47 heavy (non-hydrogen) atoms. The molecule has 3 nitrogen and oxygen atoms in total. The van der Waals surface area contributed by atoms with Gasteiger partial charge in [0.25, 0.3) is 8.32 Å². The molecule has 0 saturated heterocycles. The minimum atomic E-state index is -2.77. The Kier molecular flexibility index (Phi) is 10.9. The summed E-state index contributed by atoms with van der Waals surface area (Å²) >= 11 is 0. The van der Waals surface area contributed by atoms with Crippen molar-refractivity contribution in [2.24, 2.45) is 17.3 Å². The average Bonchev–Trinajstić information content (AvgIpc) is 3.08. The summed E-state index contributed by atoms with van der Waals surface area (Å²) in [5.74, 6) is 14.4. The summed E-state index contributed by atoms with van der Waals surface area (Å²) in [5, 5.41) is 13.0. The lowest BCUT2D eigenvalue weighted by molar-refractivity contribution is -0.0181. The maximum atomic E-state index is 10.5. The highest BCUT2D eigenvalue weighted by atomic mass is 28.4. The Morgan fingerprint density at radius 3 is 2.06 bits per heavy atom. The van der Waals surface area contributed by atoms with Gasteiger partial charge in [-0.3, -0.25) is 0 Å². The van der Waals surface area contributed by atoms with Crippen LogP contribution >= 0.6 is 0 Å². The van der Waals surface area contributed by atoms with Gasteiger partial charge in [-0.1, -0.05) is 132 Å². The van der Waals surface area contributed by atoms with E-state index in [4.69, 9.17) is 8.85 Å². The van der Waals surface area contributed by atoms with Gasteiger partial charge >= 0.3 is 0 Å². The van der Waals surface area contributed by atoms with Crippen LogP contribution in [0.25, 0.3) is 0 Å². The second kappa shape index (κ2) is 14.6. The summed E-state index contributed by atoms with van der Waals surface area (Å²) in [5.41, 5.74) is -0.0414. The van der Waals surface area contributed by atoms with Gasteiger partial charge < -0.3 is 8.85 Å². The fraction of sp³-hybridized carbons (Fsp3) is 0.500. The topological polar surface area (TPSA) is 42.2 Å². The minimum absolute atomic E-state index is 0.109. The number of nitriles is 1. The molecule has 4 atom stereocenters. The Bertz CT molecular complexity index is 1560. The molecule has 5 heteroatoms. The van der Waals surface area contributed by atoms with Crippen molar-refractivity contribution in [1.29, 1.82) is 5.26 Å². The van der Waals surface area contributed by atoms with E-state index in [-0.39, 0.29) is 22.3 Å². The molecular weight excluding hydrogens is 607 g/mol. The molecule has 1 unspecified atom stereocenters. The second-order valence-corrected chi connectivity index (χ2v) is 23.8. The van der Waals surface area contributed by atoms with Crippen molar-refractivity contribution in [2.75, 3.05) is 6.61 Å². The van der Waals surface area contributed by atoms with Crippen molar-refractivity contribution >= 4 is 27.0 Å².